The van der Waals surface area contributed by atoms with Gasteiger partial charge in [-0.3, -0.25) is 19.4 Å². The first-order valence-electron chi connectivity index (χ1n) is 17.3. The molecule has 0 aliphatic carbocycles. The Morgan fingerprint density at radius 2 is 1.69 bits per heavy atom. The van der Waals surface area contributed by atoms with Gasteiger partial charge >= 0.3 is 5.97 Å². The number of amides is 1. The molecule has 3 aliphatic heterocycles. The number of carboxylic acids is 1. The van der Waals surface area contributed by atoms with Crippen molar-refractivity contribution >= 4 is 34.3 Å². The van der Waals surface area contributed by atoms with Gasteiger partial charge in [0.25, 0.3) is 0 Å². The van der Waals surface area contributed by atoms with Crippen LogP contribution in [0.25, 0.3) is 44.3 Å². The van der Waals surface area contributed by atoms with Crippen LogP contribution in [0.1, 0.15) is 45.7 Å². The maximum absolute atomic E-state index is 13.0. The number of likely N-dealkylation sites (tertiary alicyclic amines) is 2. The van der Waals surface area contributed by atoms with Crippen LogP contribution in [0.3, 0.4) is 0 Å². The van der Waals surface area contributed by atoms with E-state index in [9.17, 15) is 25.1 Å². The number of aromatic nitrogens is 2. The average molecular weight is 703 g/mol. The van der Waals surface area contributed by atoms with Gasteiger partial charge in [0, 0.05) is 42.2 Å². The second-order valence-corrected chi connectivity index (χ2v) is 15.0. The number of oxazole rings is 1. The van der Waals surface area contributed by atoms with Crippen molar-refractivity contribution in [2.45, 2.75) is 52.4 Å². The van der Waals surface area contributed by atoms with Gasteiger partial charge in [-0.25, -0.2) is 9.97 Å². The van der Waals surface area contributed by atoms with Crippen LogP contribution < -0.4 is 0 Å². The van der Waals surface area contributed by atoms with Gasteiger partial charge in [-0.1, -0.05) is 30.3 Å². The number of β-amino-alcohol motifs (C(OH)–C–C–N with tert-alkyl or cyclic N) is 1. The van der Waals surface area contributed by atoms with Crippen molar-refractivity contribution in [1.82, 2.24) is 24.7 Å². The van der Waals surface area contributed by atoms with E-state index in [-0.39, 0.29) is 17.9 Å². The number of aliphatic hydroxyl groups excluding tert-OH is 1. The van der Waals surface area contributed by atoms with E-state index >= 15 is 0 Å². The molecule has 2 fully saturated rings. The fourth-order valence-corrected chi connectivity index (χ4v) is 8.88. The van der Waals surface area contributed by atoms with E-state index in [0.29, 0.717) is 81.2 Å². The third-order valence-corrected chi connectivity index (χ3v) is 11.6. The monoisotopic (exact) mass is 702 g/mol. The smallest absolute Gasteiger partial charge is 0.307 e. The Morgan fingerprint density at radius 3 is 2.37 bits per heavy atom. The molecule has 3 aromatic carbocycles. The minimum absolute atomic E-state index is 0.0744. The van der Waals surface area contributed by atoms with Gasteiger partial charge in [-0.2, -0.15) is 5.26 Å². The standard InChI is InChI=1S/C39H38N6O5S/c1-22-28(5-3-7-30(22)37-41-32-14-24(13-26(15-40)36(32)50-37)16-43-11-9-25(17-43)39(48)49)29-6-4-8-31(23(29)2)38-42-33-19-45(20-34(33)51-38)35(47)21-44-12-10-27(46)18-44/h3-8,13-14,25,27,46H,9-12,16-21H2,1-2H3,(H,48,49)/t25-,27+/m1/s1. The number of aliphatic carboxylic acids is 1. The van der Waals surface area contributed by atoms with Gasteiger partial charge in [-0.05, 0) is 79.3 Å². The molecule has 0 radical (unpaired) electrons. The number of rotatable bonds is 8. The lowest BCUT2D eigenvalue weighted by molar-refractivity contribution is -0.141. The Bertz CT molecular complexity index is 2210. The number of benzene rings is 3. The summed E-state index contributed by atoms with van der Waals surface area (Å²) in [6.07, 6.45) is 0.992. The minimum Gasteiger partial charge on any atom is -0.481 e. The number of hydrogen-bond acceptors (Lipinski definition) is 10. The van der Waals surface area contributed by atoms with Crippen LogP contribution in [0.4, 0.5) is 0 Å². The number of aliphatic hydroxyl groups is 1. The molecule has 12 heteroatoms. The molecule has 5 heterocycles. The molecule has 8 rings (SSSR count). The van der Waals surface area contributed by atoms with Gasteiger partial charge in [0.2, 0.25) is 11.8 Å². The summed E-state index contributed by atoms with van der Waals surface area (Å²) in [6.45, 7) is 8.60. The van der Waals surface area contributed by atoms with Crippen LogP contribution in [-0.4, -0.2) is 85.6 Å². The van der Waals surface area contributed by atoms with Crippen molar-refractivity contribution in [2.24, 2.45) is 5.92 Å². The summed E-state index contributed by atoms with van der Waals surface area (Å²) in [5, 5.41) is 30.2. The van der Waals surface area contributed by atoms with E-state index in [0.717, 1.165) is 61.1 Å². The molecule has 3 aliphatic rings. The summed E-state index contributed by atoms with van der Waals surface area (Å²) in [5.41, 5.74) is 9.42. The highest BCUT2D eigenvalue weighted by Crippen LogP contribution is 2.40. The molecule has 260 valence electrons. The number of nitriles is 1. The van der Waals surface area contributed by atoms with Gasteiger partial charge in [0.1, 0.15) is 16.6 Å². The van der Waals surface area contributed by atoms with Crippen LogP contribution in [0.15, 0.2) is 52.9 Å². The highest BCUT2D eigenvalue weighted by molar-refractivity contribution is 7.15. The summed E-state index contributed by atoms with van der Waals surface area (Å²) >= 11 is 1.64. The zero-order chi connectivity index (χ0) is 35.4. The van der Waals surface area contributed by atoms with Crippen molar-refractivity contribution in [3.63, 3.8) is 0 Å². The predicted molar refractivity (Wildman–Crippen MR) is 193 cm³/mol. The molecule has 0 bridgehead atoms. The number of thiazole rings is 1. The zero-order valence-corrected chi connectivity index (χ0v) is 29.4. The van der Waals surface area contributed by atoms with Crippen molar-refractivity contribution in [1.29, 1.82) is 5.26 Å². The van der Waals surface area contributed by atoms with Crippen molar-refractivity contribution < 1.29 is 24.2 Å². The van der Waals surface area contributed by atoms with Crippen molar-refractivity contribution in [3.8, 4) is 39.2 Å². The first-order valence-corrected chi connectivity index (χ1v) is 18.1. The highest BCUT2D eigenvalue weighted by Gasteiger charge is 2.31. The number of carboxylic acid groups (broad SMARTS) is 1. The molecule has 5 aromatic rings. The Hall–Kier alpha value is -4.93. The van der Waals surface area contributed by atoms with E-state index in [4.69, 9.17) is 14.4 Å². The average Bonchev–Trinajstić information content (AvgIpc) is 3.94. The molecular weight excluding hydrogens is 665 g/mol. The largest absolute Gasteiger partial charge is 0.481 e. The summed E-state index contributed by atoms with van der Waals surface area (Å²) in [6, 6.07) is 18.3. The Balaban J connectivity index is 1.04. The van der Waals surface area contributed by atoms with Gasteiger partial charge < -0.3 is 19.5 Å². The molecule has 2 atom stereocenters. The van der Waals surface area contributed by atoms with Crippen LogP contribution in [0.2, 0.25) is 0 Å². The third-order valence-electron chi connectivity index (χ3n) is 10.5. The number of fused-ring (bicyclic) bond motifs is 2. The lowest BCUT2D eigenvalue weighted by Crippen LogP contribution is -2.37. The molecule has 0 saturated carbocycles. The van der Waals surface area contributed by atoms with Crippen LogP contribution in [0, 0.1) is 31.1 Å². The molecule has 0 unspecified atom stereocenters. The lowest BCUT2D eigenvalue weighted by Gasteiger charge is -2.20. The molecule has 1 amide bonds. The van der Waals surface area contributed by atoms with Crippen molar-refractivity contribution in [2.75, 3.05) is 32.7 Å². The molecule has 0 spiro atoms. The molecule has 2 aromatic heterocycles. The van der Waals surface area contributed by atoms with Crippen LogP contribution >= 0.6 is 11.3 Å². The first kappa shape index (κ1) is 33.2. The zero-order valence-electron chi connectivity index (χ0n) is 28.6. The van der Waals surface area contributed by atoms with E-state index in [1.807, 2.05) is 34.1 Å². The SMILES string of the molecule is Cc1c(-c2nc3cc(CN4CC[C@@H](C(=O)O)C4)cc(C#N)c3o2)cccc1-c1cccc(-c2nc3c(s2)CN(C(=O)CN2CC[C@H](O)C2)C3)c1C. The van der Waals surface area contributed by atoms with Gasteiger partial charge in [0.15, 0.2) is 5.58 Å². The molecule has 11 nitrogen and oxygen atoms in total. The lowest BCUT2D eigenvalue weighted by atomic mass is 9.91. The Labute approximate surface area is 299 Å². The third kappa shape index (κ3) is 6.31. The summed E-state index contributed by atoms with van der Waals surface area (Å²) in [5.74, 6) is -0.620. The van der Waals surface area contributed by atoms with E-state index in [1.165, 1.54) is 0 Å². The van der Waals surface area contributed by atoms with Crippen LogP contribution in [-0.2, 0) is 29.2 Å². The quantitative estimate of drug-likeness (QED) is 0.210. The van der Waals surface area contributed by atoms with Gasteiger partial charge in [0.05, 0.1) is 42.9 Å². The number of carbonyl (C=O) groups excluding carboxylic acids is 1. The van der Waals surface area contributed by atoms with Crippen LogP contribution in [0.5, 0.6) is 0 Å². The fraction of sp³-hybridized carbons (Fsp3) is 0.359. The summed E-state index contributed by atoms with van der Waals surface area (Å²) in [4.78, 5) is 41.4. The normalized spacial score (nSPS) is 19.2. The number of carbonyl (C=O) groups is 2. The Kier molecular flexibility index (Phi) is 8.68. The van der Waals surface area contributed by atoms with E-state index in [1.54, 1.807) is 11.3 Å². The molecule has 51 heavy (non-hydrogen) atoms. The Morgan fingerprint density at radius 1 is 0.961 bits per heavy atom. The topological polar surface area (TPSA) is 147 Å². The summed E-state index contributed by atoms with van der Waals surface area (Å²) < 4.78 is 6.27. The summed E-state index contributed by atoms with van der Waals surface area (Å²) in [7, 11) is 0. The first-order chi connectivity index (χ1) is 24.6. The predicted octanol–water partition coefficient (Wildman–Crippen LogP) is 5.59. The maximum Gasteiger partial charge on any atom is 0.307 e. The number of nitrogens with zero attached hydrogens (tertiary/aromatic N) is 6. The second-order valence-electron chi connectivity index (χ2n) is 14.0. The van der Waals surface area contributed by atoms with E-state index in [2.05, 4.69) is 49.1 Å². The van der Waals surface area contributed by atoms with Gasteiger partial charge in [-0.15, -0.1) is 11.3 Å². The highest BCUT2D eigenvalue weighted by atomic mass is 32.1. The van der Waals surface area contributed by atoms with E-state index < -0.39 is 5.97 Å². The molecular formula is C39H38N6O5S. The molecule has 2 N–H and O–H groups in total. The maximum atomic E-state index is 13.0. The number of hydrogen-bond donors (Lipinski definition) is 2. The second kappa shape index (κ2) is 13.3. The minimum atomic E-state index is -0.768. The molecule has 2 saturated heterocycles. The fourth-order valence-electron chi connectivity index (χ4n) is 7.71. The van der Waals surface area contributed by atoms with Crippen molar-refractivity contribution in [3.05, 3.63) is 81.4 Å².